The number of carboxylic acids is 1. The zero-order valence-corrected chi connectivity index (χ0v) is 10.8. The minimum Gasteiger partial charge on any atom is -0.479 e. The van der Waals surface area contributed by atoms with E-state index in [0.717, 1.165) is 18.4 Å². The maximum absolute atomic E-state index is 11.8. The average Bonchev–Trinajstić information content (AvgIpc) is 2.57. The molecule has 102 valence electrons. The van der Waals surface area contributed by atoms with E-state index in [2.05, 4.69) is 5.32 Å². The molecule has 2 N–H and O–H groups in total. The van der Waals surface area contributed by atoms with Crippen molar-refractivity contribution in [2.45, 2.75) is 32.3 Å². The summed E-state index contributed by atoms with van der Waals surface area (Å²) in [6, 6.07) is 4.93. The molecule has 19 heavy (non-hydrogen) atoms. The number of hydrogen-bond acceptors (Lipinski definition) is 3. The van der Waals surface area contributed by atoms with E-state index in [4.69, 9.17) is 9.84 Å². The van der Waals surface area contributed by atoms with Crippen LogP contribution >= 0.6 is 0 Å². The van der Waals surface area contributed by atoms with E-state index < -0.39 is 12.1 Å². The first-order valence-electron chi connectivity index (χ1n) is 6.37. The number of ether oxygens (including phenoxy) is 1. The molecule has 1 heterocycles. The van der Waals surface area contributed by atoms with Crippen LogP contribution in [0.2, 0.25) is 0 Å². The molecule has 0 aliphatic carbocycles. The number of carbonyl (C=O) groups is 2. The number of aromatic carboxylic acids is 1. The van der Waals surface area contributed by atoms with Crippen molar-refractivity contribution in [1.29, 1.82) is 0 Å². The molecule has 1 amide bonds. The van der Waals surface area contributed by atoms with Crippen molar-refractivity contribution < 1.29 is 19.4 Å². The standard InChI is InChI=1S/C14H17NO4/c1-9-5-4-6-10(14(17)18)12(9)19-11-7-2-3-8-15-13(11)16/h4-6,11H,2-3,7-8H2,1H3,(H,15,16)(H,17,18). The number of amides is 1. The number of carboxylic acid groups (broad SMARTS) is 1. The molecule has 1 aromatic carbocycles. The fourth-order valence-electron chi connectivity index (χ4n) is 2.14. The molecule has 1 saturated heterocycles. The van der Waals surface area contributed by atoms with Crippen LogP contribution in [0.3, 0.4) is 0 Å². The zero-order valence-electron chi connectivity index (χ0n) is 10.8. The lowest BCUT2D eigenvalue weighted by atomic mass is 10.1. The van der Waals surface area contributed by atoms with Gasteiger partial charge in [0.2, 0.25) is 0 Å². The Balaban J connectivity index is 2.26. The highest BCUT2D eigenvalue weighted by atomic mass is 16.5. The first kappa shape index (κ1) is 13.4. The van der Waals surface area contributed by atoms with Crippen LogP contribution in [0.5, 0.6) is 5.75 Å². The van der Waals surface area contributed by atoms with Crippen molar-refractivity contribution in [2.24, 2.45) is 0 Å². The van der Waals surface area contributed by atoms with Gasteiger partial charge in [0.05, 0.1) is 0 Å². The lowest BCUT2D eigenvalue weighted by molar-refractivity contribution is -0.127. The summed E-state index contributed by atoms with van der Waals surface area (Å²) in [5.74, 6) is -0.929. The Morgan fingerprint density at radius 1 is 1.42 bits per heavy atom. The van der Waals surface area contributed by atoms with Gasteiger partial charge in [0.1, 0.15) is 11.3 Å². The van der Waals surface area contributed by atoms with Crippen LogP contribution in [0.15, 0.2) is 18.2 Å². The van der Waals surface area contributed by atoms with Gasteiger partial charge >= 0.3 is 5.97 Å². The average molecular weight is 263 g/mol. The van der Waals surface area contributed by atoms with Crippen molar-refractivity contribution in [3.05, 3.63) is 29.3 Å². The van der Waals surface area contributed by atoms with Gasteiger partial charge in [-0.3, -0.25) is 4.79 Å². The van der Waals surface area contributed by atoms with Crippen molar-refractivity contribution in [3.8, 4) is 5.75 Å². The Bertz CT molecular complexity index is 498. The van der Waals surface area contributed by atoms with Crippen molar-refractivity contribution in [1.82, 2.24) is 5.32 Å². The molecule has 1 atom stereocenters. The fourth-order valence-corrected chi connectivity index (χ4v) is 2.14. The van der Waals surface area contributed by atoms with Crippen LogP contribution in [-0.4, -0.2) is 29.6 Å². The number of para-hydroxylation sites is 1. The summed E-state index contributed by atoms with van der Waals surface area (Å²) in [4.78, 5) is 23.0. The van der Waals surface area contributed by atoms with E-state index >= 15 is 0 Å². The van der Waals surface area contributed by atoms with E-state index in [0.29, 0.717) is 13.0 Å². The highest BCUT2D eigenvalue weighted by molar-refractivity contribution is 5.91. The largest absolute Gasteiger partial charge is 0.479 e. The molecule has 0 spiro atoms. The highest BCUT2D eigenvalue weighted by Crippen LogP contribution is 2.26. The molecule has 5 heteroatoms. The Labute approximate surface area is 111 Å². The molecule has 1 aliphatic heterocycles. The van der Waals surface area contributed by atoms with Crippen LogP contribution in [0, 0.1) is 6.92 Å². The number of benzene rings is 1. The summed E-state index contributed by atoms with van der Waals surface area (Å²) < 4.78 is 5.68. The van der Waals surface area contributed by atoms with Crippen LogP contribution in [-0.2, 0) is 4.79 Å². The number of carbonyl (C=O) groups excluding carboxylic acids is 1. The maximum atomic E-state index is 11.8. The molecule has 1 aliphatic rings. The van der Waals surface area contributed by atoms with E-state index in [1.54, 1.807) is 19.1 Å². The molecule has 5 nitrogen and oxygen atoms in total. The number of rotatable bonds is 3. The second-order valence-electron chi connectivity index (χ2n) is 4.65. The van der Waals surface area contributed by atoms with Gasteiger partial charge in [-0.2, -0.15) is 0 Å². The third-order valence-electron chi connectivity index (χ3n) is 3.19. The van der Waals surface area contributed by atoms with E-state index in [-0.39, 0.29) is 17.2 Å². The maximum Gasteiger partial charge on any atom is 0.339 e. The molecule has 1 aromatic rings. The fraction of sp³-hybridized carbons (Fsp3) is 0.429. The second kappa shape index (κ2) is 5.73. The Hall–Kier alpha value is -2.04. The summed E-state index contributed by atoms with van der Waals surface area (Å²) in [7, 11) is 0. The van der Waals surface area contributed by atoms with Crippen molar-refractivity contribution in [3.63, 3.8) is 0 Å². The summed E-state index contributed by atoms with van der Waals surface area (Å²) in [6.07, 6.45) is 1.81. The van der Waals surface area contributed by atoms with E-state index in [1.807, 2.05) is 0 Å². The monoisotopic (exact) mass is 263 g/mol. The van der Waals surface area contributed by atoms with Crippen LogP contribution in [0.1, 0.15) is 35.2 Å². The summed E-state index contributed by atoms with van der Waals surface area (Å²) >= 11 is 0. The van der Waals surface area contributed by atoms with Crippen LogP contribution in [0.25, 0.3) is 0 Å². The highest BCUT2D eigenvalue weighted by Gasteiger charge is 2.25. The van der Waals surface area contributed by atoms with Gasteiger partial charge in [0.15, 0.2) is 6.10 Å². The van der Waals surface area contributed by atoms with Gasteiger partial charge in [-0.15, -0.1) is 0 Å². The first-order valence-corrected chi connectivity index (χ1v) is 6.37. The minimum atomic E-state index is -1.05. The van der Waals surface area contributed by atoms with Gasteiger partial charge < -0.3 is 15.2 Å². The molecule has 1 fully saturated rings. The summed E-state index contributed by atoms with van der Waals surface area (Å²) in [6.45, 7) is 2.43. The van der Waals surface area contributed by atoms with Gasteiger partial charge in [-0.25, -0.2) is 4.79 Å². The smallest absolute Gasteiger partial charge is 0.339 e. The third-order valence-corrected chi connectivity index (χ3v) is 3.19. The molecule has 0 radical (unpaired) electrons. The molecule has 0 aromatic heterocycles. The van der Waals surface area contributed by atoms with E-state index in [1.165, 1.54) is 6.07 Å². The Morgan fingerprint density at radius 2 is 2.21 bits per heavy atom. The van der Waals surface area contributed by atoms with Crippen molar-refractivity contribution >= 4 is 11.9 Å². The normalized spacial score (nSPS) is 19.4. The molecule has 0 saturated carbocycles. The zero-order chi connectivity index (χ0) is 13.8. The van der Waals surface area contributed by atoms with Gasteiger partial charge in [-0.05, 0) is 37.8 Å². The predicted octanol–water partition coefficient (Wildman–Crippen LogP) is 1.74. The Kier molecular flexibility index (Phi) is 4.04. The second-order valence-corrected chi connectivity index (χ2v) is 4.65. The van der Waals surface area contributed by atoms with Gasteiger partial charge in [0.25, 0.3) is 5.91 Å². The topological polar surface area (TPSA) is 75.6 Å². The quantitative estimate of drug-likeness (QED) is 0.871. The predicted molar refractivity (Wildman–Crippen MR) is 69.4 cm³/mol. The number of nitrogens with one attached hydrogen (secondary N) is 1. The molecule has 0 bridgehead atoms. The van der Waals surface area contributed by atoms with E-state index in [9.17, 15) is 9.59 Å². The molecule has 1 unspecified atom stereocenters. The first-order chi connectivity index (χ1) is 9.09. The molecular formula is C14H17NO4. The Morgan fingerprint density at radius 3 is 2.95 bits per heavy atom. The van der Waals surface area contributed by atoms with Crippen LogP contribution < -0.4 is 10.1 Å². The lowest BCUT2D eigenvalue weighted by Crippen LogP contribution is -2.37. The lowest BCUT2D eigenvalue weighted by Gasteiger charge is -2.18. The SMILES string of the molecule is Cc1cccc(C(=O)O)c1OC1CCCCNC1=O. The third kappa shape index (κ3) is 3.05. The molecular weight excluding hydrogens is 246 g/mol. The number of aryl methyl sites for hydroxylation is 1. The summed E-state index contributed by atoms with van der Waals surface area (Å²) in [5, 5.41) is 11.9. The van der Waals surface area contributed by atoms with Gasteiger partial charge in [0, 0.05) is 6.54 Å². The van der Waals surface area contributed by atoms with Crippen molar-refractivity contribution in [2.75, 3.05) is 6.54 Å². The molecule has 2 rings (SSSR count). The van der Waals surface area contributed by atoms with Crippen LogP contribution in [0.4, 0.5) is 0 Å². The minimum absolute atomic E-state index is 0.0945. The summed E-state index contributed by atoms with van der Waals surface area (Å²) in [5.41, 5.74) is 0.814. The van der Waals surface area contributed by atoms with Gasteiger partial charge in [-0.1, -0.05) is 12.1 Å². The number of hydrogen-bond donors (Lipinski definition) is 2.